The molecule has 1 atom stereocenters. The Labute approximate surface area is 154 Å². The van der Waals surface area contributed by atoms with Crippen molar-refractivity contribution in [3.8, 4) is 0 Å². The predicted octanol–water partition coefficient (Wildman–Crippen LogP) is 2.91. The van der Waals surface area contributed by atoms with Crippen LogP contribution in [0.15, 0.2) is 58.1 Å². The number of fused-ring (bicyclic) bond motifs is 1. The van der Waals surface area contributed by atoms with Crippen LogP contribution in [0.4, 0.5) is 10.1 Å². The van der Waals surface area contributed by atoms with Crippen LogP contribution in [0, 0.1) is 5.82 Å². The summed E-state index contributed by atoms with van der Waals surface area (Å²) in [5, 5.41) is 3.02. The van der Waals surface area contributed by atoms with Gasteiger partial charge in [0.2, 0.25) is 5.91 Å². The van der Waals surface area contributed by atoms with E-state index in [0.29, 0.717) is 23.0 Å². The minimum absolute atomic E-state index is 0.257. The van der Waals surface area contributed by atoms with Gasteiger partial charge in [-0.25, -0.2) is 9.18 Å². The lowest BCUT2D eigenvalue weighted by atomic mass is 10.2. The van der Waals surface area contributed by atoms with Gasteiger partial charge in [0.25, 0.3) is 5.56 Å². The van der Waals surface area contributed by atoms with E-state index in [1.54, 1.807) is 31.2 Å². The summed E-state index contributed by atoms with van der Waals surface area (Å²) in [7, 11) is 0. The Bertz CT molecular complexity index is 1100. The second-order valence-electron chi connectivity index (χ2n) is 6.37. The molecule has 1 heterocycles. The third-order valence-corrected chi connectivity index (χ3v) is 4.54. The van der Waals surface area contributed by atoms with E-state index in [1.807, 2.05) is 6.92 Å². The average Bonchev–Trinajstić information content (AvgIpc) is 2.67. The number of amides is 1. The van der Waals surface area contributed by atoms with Crippen LogP contribution in [0.3, 0.4) is 0 Å². The predicted molar refractivity (Wildman–Crippen MR) is 102 cm³/mol. The van der Waals surface area contributed by atoms with Crippen molar-refractivity contribution in [1.29, 1.82) is 0 Å². The van der Waals surface area contributed by atoms with Gasteiger partial charge in [-0.3, -0.25) is 18.7 Å². The Morgan fingerprint density at radius 2 is 1.78 bits per heavy atom. The standard InChI is InChI=1S/C20H20FN3O3/c1-3-13(2)24-19(26)16-6-4-5-7-17(16)23(20(24)27)12-18(25)22-15-10-8-14(21)9-11-15/h4-11,13H,3,12H2,1-2H3,(H,22,25)/t13-/m1/s1. The minimum atomic E-state index is -0.526. The van der Waals surface area contributed by atoms with E-state index in [-0.39, 0.29) is 18.1 Å². The summed E-state index contributed by atoms with van der Waals surface area (Å²) in [4.78, 5) is 38.1. The lowest BCUT2D eigenvalue weighted by Crippen LogP contribution is -2.43. The highest BCUT2D eigenvalue weighted by Crippen LogP contribution is 2.12. The van der Waals surface area contributed by atoms with Gasteiger partial charge >= 0.3 is 5.69 Å². The molecule has 0 unspecified atom stereocenters. The number of benzene rings is 2. The number of aromatic nitrogens is 2. The first kappa shape index (κ1) is 18.6. The molecule has 1 aromatic heterocycles. The van der Waals surface area contributed by atoms with Gasteiger partial charge in [0.05, 0.1) is 10.9 Å². The maximum atomic E-state index is 13.0. The highest BCUT2D eigenvalue weighted by Gasteiger charge is 2.18. The number of carbonyl (C=O) groups is 1. The lowest BCUT2D eigenvalue weighted by molar-refractivity contribution is -0.116. The van der Waals surface area contributed by atoms with Crippen molar-refractivity contribution in [1.82, 2.24) is 9.13 Å². The zero-order valence-corrected chi connectivity index (χ0v) is 15.1. The van der Waals surface area contributed by atoms with E-state index in [9.17, 15) is 18.8 Å². The SMILES string of the molecule is CC[C@@H](C)n1c(=O)c2ccccc2n(CC(=O)Nc2ccc(F)cc2)c1=O. The van der Waals surface area contributed by atoms with Gasteiger partial charge in [0.1, 0.15) is 12.4 Å². The largest absolute Gasteiger partial charge is 0.332 e. The molecule has 0 saturated heterocycles. The second-order valence-corrected chi connectivity index (χ2v) is 6.37. The number of hydrogen-bond donors (Lipinski definition) is 1. The third kappa shape index (κ3) is 3.67. The molecule has 6 nitrogen and oxygen atoms in total. The minimum Gasteiger partial charge on any atom is -0.325 e. The quantitative estimate of drug-likeness (QED) is 0.752. The van der Waals surface area contributed by atoms with Gasteiger partial charge in [-0.2, -0.15) is 0 Å². The summed E-state index contributed by atoms with van der Waals surface area (Å²) in [5.74, 6) is -0.848. The number of anilines is 1. The number of para-hydroxylation sites is 1. The first-order valence-electron chi connectivity index (χ1n) is 8.72. The molecule has 3 rings (SSSR count). The van der Waals surface area contributed by atoms with Gasteiger partial charge in [-0.1, -0.05) is 19.1 Å². The smallest absolute Gasteiger partial charge is 0.325 e. The van der Waals surface area contributed by atoms with Crippen LogP contribution in [0.5, 0.6) is 0 Å². The third-order valence-electron chi connectivity index (χ3n) is 4.54. The number of hydrogen-bond acceptors (Lipinski definition) is 3. The molecular formula is C20H20FN3O3. The summed E-state index contributed by atoms with van der Waals surface area (Å²) in [5.41, 5.74) is -0.0576. The molecule has 7 heteroatoms. The molecule has 0 aliphatic carbocycles. The van der Waals surface area contributed by atoms with Crippen molar-refractivity contribution in [2.45, 2.75) is 32.9 Å². The van der Waals surface area contributed by atoms with E-state index in [4.69, 9.17) is 0 Å². The summed E-state index contributed by atoms with van der Waals surface area (Å²) in [6.45, 7) is 3.42. The monoisotopic (exact) mass is 369 g/mol. The number of carbonyl (C=O) groups excluding carboxylic acids is 1. The van der Waals surface area contributed by atoms with Crippen molar-refractivity contribution < 1.29 is 9.18 Å². The number of nitrogens with one attached hydrogen (secondary N) is 1. The van der Waals surface area contributed by atoms with Crippen LogP contribution in [0.2, 0.25) is 0 Å². The molecule has 1 N–H and O–H groups in total. The fraction of sp³-hybridized carbons (Fsp3) is 0.250. The molecule has 1 amide bonds. The number of halogens is 1. The first-order chi connectivity index (χ1) is 12.9. The number of rotatable bonds is 5. The van der Waals surface area contributed by atoms with Gasteiger partial charge in [0.15, 0.2) is 0 Å². The normalized spacial score (nSPS) is 12.1. The van der Waals surface area contributed by atoms with Gasteiger partial charge in [0, 0.05) is 11.7 Å². The fourth-order valence-electron chi connectivity index (χ4n) is 2.94. The highest BCUT2D eigenvalue weighted by atomic mass is 19.1. The molecule has 0 bridgehead atoms. The molecule has 27 heavy (non-hydrogen) atoms. The lowest BCUT2D eigenvalue weighted by Gasteiger charge is -2.17. The van der Waals surface area contributed by atoms with E-state index < -0.39 is 17.4 Å². The molecule has 0 spiro atoms. The fourth-order valence-corrected chi connectivity index (χ4v) is 2.94. The first-order valence-corrected chi connectivity index (χ1v) is 8.72. The molecule has 0 radical (unpaired) electrons. The van der Waals surface area contributed by atoms with E-state index in [2.05, 4.69) is 5.32 Å². The van der Waals surface area contributed by atoms with Crippen molar-refractivity contribution in [2.75, 3.05) is 5.32 Å². The van der Waals surface area contributed by atoms with Gasteiger partial charge < -0.3 is 5.32 Å². The summed E-state index contributed by atoms with van der Waals surface area (Å²) >= 11 is 0. The Kier molecular flexibility index (Phi) is 5.21. The number of nitrogens with zero attached hydrogens (tertiary/aromatic N) is 2. The highest BCUT2D eigenvalue weighted by molar-refractivity contribution is 5.91. The van der Waals surface area contributed by atoms with E-state index in [1.165, 1.54) is 33.4 Å². The summed E-state index contributed by atoms with van der Waals surface area (Å²) in [6.07, 6.45) is 0.606. The zero-order valence-electron chi connectivity index (χ0n) is 15.1. The maximum absolute atomic E-state index is 13.0. The Hall–Kier alpha value is -3.22. The Morgan fingerprint density at radius 1 is 1.11 bits per heavy atom. The van der Waals surface area contributed by atoms with Crippen molar-refractivity contribution >= 4 is 22.5 Å². The Balaban J connectivity index is 2.05. The van der Waals surface area contributed by atoms with Crippen molar-refractivity contribution in [3.63, 3.8) is 0 Å². The van der Waals surface area contributed by atoms with Crippen LogP contribution < -0.4 is 16.6 Å². The molecule has 0 aliphatic heterocycles. The average molecular weight is 369 g/mol. The van der Waals surface area contributed by atoms with Crippen LogP contribution in [-0.4, -0.2) is 15.0 Å². The summed E-state index contributed by atoms with van der Waals surface area (Å²) in [6, 6.07) is 11.8. The van der Waals surface area contributed by atoms with E-state index >= 15 is 0 Å². The van der Waals surface area contributed by atoms with Crippen LogP contribution in [0.25, 0.3) is 10.9 Å². The topological polar surface area (TPSA) is 73.1 Å². The van der Waals surface area contributed by atoms with Gasteiger partial charge in [-0.15, -0.1) is 0 Å². The van der Waals surface area contributed by atoms with Crippen molar-refractivity contribution in [3.05, 3.63) is 75.2 Å². The van der Waals surface area contributed by atoms with Crippen LogP contribution in [-0.2, 0) is 11.3 Å². The van der Waals surface area contributed by atoms with Crippen LogP contribution >= 0.6 is 0 Å². The van der Waals surface area contributed by atoms with E-state index in [0.717, 1.165) is 0 Å². The van der Waals surface area contributed by atoms with Crippen molar-refractivity contribution in [2.24, 2.45) is 0 Å². The molecule has 2 aromatic carbocycles. The Morgan fingerprint density at radius 3 is 2.44 bits per heavy atom. The molecule has 0 aliphatic rings. The molecule has 3 aromatic rings. The van der Waals surface area contributed by atoms with Gasteiger partial charge in [-0.05, 0) is 49.7 Å². The molecular weight excluding hydrogens is 349 g/mol. The zero-order chi connectivity index (χ0) is 19.6. The molecule has 0 saturated carbocycles. The maximum Gasteiger partial charge on any atom is 0.332 e. The molecule has 140 valence electrons. The second kappa shape index (κ2) is 7.57. The van der Waals surface area contributed by atoms with Crippen LogP contribution in [0.1, 0.15) is 26.3 Å². The molecule has 0 fully saturated rings. The summed E-state index contributed by atoms with van der Waals surface area (Å²) < 4.78 is 15.5.